The predicted molar refractivity (Wildman–Crippen MR) is 66.4 cm³/mol. The molecule has 0 radical (unpaired) electrons. The average molecular weight is 258 g/mol. The number of nitrogens with zero attached hydrogens (tertiary/aromatic N) is 1. The van der Waals surface area contributed by atoms with Crippen LogP contribution in [0.1, 0.15) is 27.2 Å². The highest BCUT2D eigenvalue weighted by molar-refractivity contribution is 5.79. The Morgan fingerprint density at radius 3 is 2.67 bits per heavy atom. The Balaban J connectivity index is 2.30. The molecule has 0 bridgehead atoms. The SMILES string of the molecule is CC(C)OCCNC(=O)N1CCC(C)(C(=O)O)C1. The van der Waals surface area contributed by atoms with Crippen LogP contribution >= 0.6 is 0 Å². The number of carbonyl (C=O) groups excluding carboxylic acids is 1. The third-order valence-electron chi connectivity index (χ3n) is 3.11. The second-order valence-electron chi connectivity index (χ2n) is 5.19. The van der Waals surface area contributed by atoms with Gasteiger partial charge in [-0.3, -0.25) is 4.79 Å². The van der Waals surface area contributed by atoms with Crippen molar-refractivity contribution in [3.8, 4) is 0 Å². The van der Waals surface area contributed by atoms with Crippen LogP contribution in [0.25, 0.3) is 0 Å². The third-order valence-corrected chi connectivity index (χ3v) is 3.11. The fourth-order valence-corrected chi connectivity index (χ4v) is 1.87. The van der Waals surface area contributed by atoms with Gasteiger partial charge in [0.2, 0.25) is 0 Å². The number of aliphatic carboxylic acids is 1. The number of hydrogen-bond donors (Lipinski definition) is 2. The highest BCUT2D eigenvalue weighted by Crippen LogP contribution is 2.29. The summed E-state index contributed by atoms with van der Waals surface area (Å²) in [6.07, 6.45) is 0.641. The Morgan fingerprint density at radius 2 is 2.17 bits per heavy atom. The summed E-state index contributed by atoms with van der Waals surface area (Å²) in [7, 11) is 0. The number of ether oxygens (including phenoxy) is 1. The number of nitrogens with one attached hydrogen (secondary N) is 1. The monoisotopic (exact) mass is 258 g/mol. The highest BCUT2D eigenvalue weighted by atomic mass is 16.5. The summed E-state index contributed by atoms with van der Waals surface area (Å²) in [5.74, 6) is -0.846. The summed E-state index contributed by atoms with van der Waals surface area (Å²) in [5.41, 5.74) is -0.814. The molecule has 18 heavy (non-hydrogen) atoms. The Kier molecular flexibility index (Phi) is 4.95. The first kappa shape index (κ1) is 14.8. The van der Waals surface area contributed by atoms with Gasteiger partial charge in [-0.15, -0.1) is 0 Å². The van der Waals surface area contributed by atoms with Crippen LogP contribution < -0.4 is 5.32 Å². The molecular formula is C12H22N2O4. The lowest BCUT2D eigenvalue weighted by Gasteiger charge is -2.20. The van der Waals surface area contributed by atoms with Crippen LogP contribution in [-0.4, -0.2) is 54.4 Å². The summed E-state index contributed by atoms with van der Waals surface area (Å²) < 4.78 is 5.31. The van der Waals surface area contributed by atoms with E-state index in [-0.39, 0.29) is 18.7 Å². The predicted octanol–water partition coefficient (Wildman–Crippen LogP) is 0.918. The normalized spacial score (nSPS) is 23.4. The number of rotatable bonds is 5. The van der Waals surface area contributed by atoms with E-state index in [1.54, 1.807) is 11.8 Å². The number of carbonyl (C=O) groups is 2. The van der Waals surface area contributed by atoms with Gasteiger partial charge < -0.3 is 20.1 Å². The standard InChI is InChI=1S/C12H22N2O4/c1-9(2)18-7-5-13-11(17)14-6-4-12(3,8-14)10(15)16/h9H,4-8H2,1-3H3,(H,13,17)(H,15,16). The smallest absolute Gasteiger partial charge is 0.317 e. The van der Waals surface area contributed by atoms with Gasteiger partial charge in [-0.05, 0) is 27.2 Å². The fraction of sp³-hybridized carbons (Fsp3) is 0.833. The zero-order chi connectivity index (χ0) is 13.8. The molecule has 1 unspecified atom stereocenters. The van der Waals surface area contributed by atoms with Crippen molar-refractivity contribution in [3.63, 3.8) is 0 Å². The van der Waals surface area contributed by atoms with Crippen molar-refractivity contribution in [2.45, 2.75) is 33.3 Å². The highest BCUT2D eigenvalue weighted by Gasteiger charge is 2.42. The Labute approximate surface area is 107 Å². The van der Waals surface area contributed by atoms with E-state index in [0.29, 0.717) is 26.1 Å². The summed E-state index contributed by atoms with van der Waals surface area (Å²) >= 11 is 0. The second kappa shape index (κ2) is 6.04. The van der Waals surface area contributed by atoms with Crippen molar-refractivity contribution in [1.82, 2.24) is 10.2 Å². The first-order valence-electron chi connectivity index (χ1n) is 6.23. The van der Waals surface area contributed by atoms with Crippen LogP contribution in [0.4, 0.5) is 4.79 Å². The van der Waals surface area contributed by atoms with E-state index >= 15 is 0 Å². The minimum atomic E-state index is -0.846. The van der Waals surface area contributed by atoms with E-state index in [4.69, 9.17) is 9.84 Å². The summed E-state index contributed by atoms with van der Waals surface area (Å²) in [4.78, 5) is 24.4. The molecule has 2 amide bonds. The third kappa shape index (κ3) is 3.87. The van der Waals surface area contributed by atoms with Gasteiger partial charge in [0.15, 0.2) is 0 Å². The van der Waals surface area contributed by atoms with Crippen molar-refractivity contribution in [3.05, 3.63) is 0 Å². The minimum absolute atomic E-state index is 0.143. The molecular weight excluding hydrogens is 236 g/mol. The van der Waals surface area contributed by atoms with E-state index < -0.39 is 11.4 Å². The zero-order valence-corrected chi connectivity index (χ0v) is 11.2. The zero-order valence-electron chi connectivity index (χ0n) is 11.2. The fourth-order valence-electron chi connectivity index (χ4n) is 1.87. The van der Waals surface area contributed by atoms with Gasteiger partial charge in [0.05, 0.1) is 18.1 Å². The molecule has 1 aliphatic rings. The first-order chi connectivity index (χ1) is 8.35. The van der Waals surface area contributed by atoms with Crippen molar-refractivity contribution < 1.29 is 19.4 Å². The van der Waals surface area contributed by atoms with E-state index in [9.17, 15) is 9.59 Å². The van der Waals surface area contributed by atoms with Crippen LogP contribution in [0.3, 0.4) is 0 Å². The lowest BCUT2D eigenvalue weighted by Crippen LogP contribution is -2.42. The second-order valence-corrected chi connectivity index (χ2v) is 5.19. The van der Waals surface area contributed by atoms with Crippen LogP contribution in [0.5, 0.6) is 0 Å². The molecule has 0 aliphatic carbocycles. The number of hydrogen-bond acceptors (Lipinski definition) is 3. The summed E-state index contributed by atoms with van der Waals surface area (Å²) in [6.45, 7) is 7.19. The van der Waals surface area contributed by atoms with E-state index in [0.717, 1.165) is 0 Å². The summed E-state index contributed by atoms with van der Waals surface area (Å²) in [6, 6.07) is -0.215. The van der Waals surface area contributed by atoms with E-state index in [1.165, 1.54) is 0 Å². The van der Waals surface area contributed by atoms with Crippen molar-refractivity contribution in [2.24, 2.45) is 5.41 Å². The number of likely N-dealkylation sites (tertiary alicyclic amines) is 1. The molecule has 1 heterocycles. The van der Waals surface area contributed by atoms with Gasteiger partial charge >= 0.3 is 12.0 Å². The maximum absolute atomic E-state index is 11.8. The lowest BCUT2D eigenvalue weighted by molar-refractivity contribution is -0.147. The molecule has 1 atom stereocenters. The van der Waals surface area contributed by atoms with Crippen LogP contribution in [-0.2, 0) is 9.53 Å². The van der Waals surface area contributed by atoms with Crippen molar-refractivity contribution >= 4 is 12.0 Å². The molecule has 1 rings (SSSR count). The molecule has 0 spiro atoms. The number of carboxylic acid groups (broad SMARTS) is 1. The minimum Gasteiger partial charge on any atom is -0.481 e. The van der Waals surface area contributed by atoms with Crippen LogP contribution in [0.15, 0.2) is 0 Å². The van der Waals surface area contributed by atoms with Crippen LogP contribution in [0.2, 0.25) is 0 Å². The topological polar surface area (TPSA) is 78.9 Å². The van der Waals surface area contributed by atoms with E-state index in [1.807, 2.05) is 13.8 Å². The molecule has 1 saturated heterocycles. The molecule has 104 valence electrons. The van der Waals surface area contributed by atoms with E-state index in [2.05, 4.69) is 5.32 Å². The quantitative estimate of drug-likeness (QED) is 0.719. The average Bonchev–Trinajstić information content (AvgIpc) is 2.68. The van der Waals surface area contributed by atoms with Gasteiger partial charge in [-0.1, -0.05) is 0 Å². The molecule has 0 saturated carbocycles. The number of carboxylic acids is 1. The maximum atomic E-state index is 11.8. The molecule has 6 nitrogen and oxygen atoms in total. The van der Waals surface area contributed by atoms with Gasteiger partial charge in [-0.25, -0.2) is 4.79 Å². The molecule has 0 aromatic heterocycles. The molecule has 0 aromatic rings. The lowest BCUT2D eigenvalue weighted by atomic mass is 9.90. The molecule has 1 fully saturated rings. The Morgan fingerprint density at radius 1 is 1.50 bits per heavy atom. The number of urea groups is 1. The summed E-state index contributed by atoms with van der Waals surface area (Å²) in [5, 5.41) is 11.8. The van der Waals surface area contributed by atoms with Crippen LogP contribution in [0, 0.1) is 5.41 Å². The molecule has 1 aliphatic heterocycles. The molecule has 6 heteroatoms. The van der Waals surface area contributed by atoms with Gasteiger partial charge in [0.1, 0.15) is 0 Å². The number of amides is 2. The first-order valence-corrected chi connectivity index (χ1v) is 6.23. The molecule has 0 aromatic carbocycles. The Hall–Kier alpha value is -1.30. The van der Waals surface area contributed by atoms with Crippen molar-refractivity contribution in [2.75, 3.05) is 26.2 Å². The Bertz CT molecular complexity index is 319. The molecule has 2 N–H and O–H groups in total. The van der Waals surface area contributed by atoms with Gasteiger partial charge in [0.25, 0.3) is 0 Å². The maximum Gasteiger partial charge on any atom is 0.317 e. The van der Waals surface area contributed by atoms with Gasteiger partial charge in [-0.2, -0.15) is 0 Å². The largest absolute Gasteiger partial charge is 0.481 e. The van der Waals surface area contributed by atoms with Gasteiger partial charge in [0, 0.05) is 19.6 Å². The van der Waals surface area contributed by atoms with Crippen molar-refractivity contribution in [1.29, 1.82) is 0 Å².